The molecule has 2 N–H and O–H groups in total. The third kappa shape index (κ3) is 3.21. The molecule has 1 amide bonds. The van der Waals surface area contributed by atoms with Gasteiger partial charge in [-0.05, 0) is 12.3 Å². The van der Waals surface area contributed by atoms with Crippen LogP contribution in [0.25, 0.3) is 0 Å². The number of thioether (sulfide) groups is 1. The summed E-state index contributed by atoms with van der Waals surface area (Å²) in [5, 5.41) is 12.4. The maximum Gasteiger partial charge on any atom is 0.267 e. The highest BCUT2D eigenvalue weighted by atomic mass is 32.2. The highest BCUT2D eigenvalue weighted by Crippen LogP contribution is 2.20. The molecule has 1 unspecified atom stereocenters. The Bertz CT molecular complexity index is 544. The van der Waals surface area contributed by atoms with Crippen LogP contribution in [0, 0.1) is 5.92 Å². The Kier molecular flexibility index (Phi) is 5.19. The number of fused-ring (bicyclic) bond motifs is 1. The van der Waals surface area contributed by atoms with Crippen LogP contribution in [0.15, 0.2) is 16.1 Å². The molecule has 1 aliphatic heterocycles. The number of aromatic nitrogens is 2. The molecule has 7 heteroatoms. The van der Waals surface area contributed by atoms with Gasteiger partial charge in [-0.3, -0.25) is 14.2 Å². The Morgan fingerprint density at radius 3 is 3.15 bits per heavy atom. The van der Waals surface area contributed by atoms with Gasteiger partial charge < -0.3 is 10.4 Å². The number of carbonyl (C=O) groups excluding carboxylic acids is 1. The van der Waals surface area contributed by atoms with Crippen LogP contribution in [0.5, 0.6) is 0 Å². The van der Waals surface area contributed by atoms with Crippen LogP contribution in [-0.2, 0) is 6.54 Å². The molecule has 6 nitrogen and oxygen atoms in total. The largest absolute Gasteiger partial charge is 0.396 e. The van der Waals surface area contributed by atoms with Crippen LogP contribution in [-0.4, -0.2) is 39.5 Å². The first-order valence-electron chi connectivity index (χ1n) is 6.79. The van der Waals surface area contributed by atoms with Crippen LogP contribution in [0.1, 0.15) is 30.1 Å². The second-order valence-corrected chi connectivity index (χ2v) is 5.82. The van der Waals surface area contributed by atoms with Crippen LogP contribution in [0.2, 0.25) is 0 Å². The molecule has 0 spiro atoms. The second-order valence-electron chi connectivity index (χ2n) is 4.76. The lowest BCUT2D eigenvalue weighted by Crippen LogP contribution is -2.35. The molecule has 20 heavy (non-hydrogen) atoms. The quantitative estimate of drug-likeness (QED) is 0.746. The molecular weight excluding hydrogens is 278 g/mol. The fourth-order valence-electron chi connectivity index (χ4n) is 2.14. The summed E-state index contributed by atoms with van der Waals surface area (Å²) < 4.78 is 1.55. The minimum absolute atomic E-state index is 0.0927. The summed E-state index contributed by atoms with van der Waals surface area (Å²) >= 11 is 1.52. The standard InChI is InChI=1S/C13H19N3O3S/c1-2-9(3-5-17)7-14-11(18)10-8-15-13-16(12(10)19)4-6-20-13/h8-9,17H,2-7H2,1H3,(H,14,18). The van der Waals surface area contributed by atoms with Crippen molar-refractivity contribution in [3.05, 3.63) is 22.1 Å². The van der Waals surface area contributed by atoms with Gasteiger partial charge in [0.25, 0.3) is 11.5 Å². The van der Waals surface area contributed by atoms with Crippen molar-refractivity contribution < 1.29 is 9.90 Å². The van der Waals surface area contributed by atoms with Crippen molar-refractivity contribution >= 4 is 17.7 Å². The summed E-state index contributed by atoms with van der Waals surface area (Å²) in [5.41, 5.74) is -0.178. The Morgan fingerprint density at radius 2 is 2.45 bits per heavy atom. The fourth-order valence-corrected chi connectivity index (χ4v) is 3.05. The van der Waals surface area contributed by atoms with Crippen LogP contribution in [0.3, 0.4) is 0 Å². The zero-order valence-corrected chi connectivity index (χ0v) is 12.3. The van der Waals surface area contributed by atoms with E-state index in [4.69, 9.17) is 5.11 Å². The van der Waals surface area contributed by atoms with Gasteiger partial charge in [0.2, 0.25) is 0 Å². The van der Waals surface area contributed by atoms with Crippen LogP contribution in [0.4, 0.5) is 0 Å². The van der Waals surface area contributed by atoms with Crippen molar-refractivity contribution in [2.24, 2.45) is 5.92 Å². The van der Waals surface area contributed by atoms with Gasteiger partial charge in [0.1, 0.15) is 5.56 Å². The number of hydrogen-bond donors (Lipinski definition) is 2. The number of aliphatic hydroxyl groups is 1. The first kappa shape index (κ1) is 15.1. The lowest BCUT2D eigenvalue weighted by Gasteiger charge is -2.14. The van der Waals surface area contributed by atoms with Gasteiger partial charge in [0.15, 0.2) is 5.16 Å². The maximum absolute atomic E-state index is 12.2. The van der Waals surface area contributed by atoms with Crippen LogP contribution >= 0.6 is 11.8 Å². The molecule has 0 aliphatic carbocycles. The maximum atomic E-state index is 12.2. The zero-order valence-electron chi connectivity index (χ0n) is 11.5. The molecule has 1 aromatic heterocycles. The van der Waals surface area contributed by atoms with Gasteiger partial charge in [-0.25, -0.2) is 4.98 Å². The Labute approximate surface area is 121 Å². The van der Waals surface area contributed by atoms with E-state index in [1.54, 1.807) is 4.57 Å². The average molecular weight is 297 g/mol. The predicted octanol–water partition coefficient (Wildman–Crippen LogP) is 0.487. The number of carbonyl (C=O) groups is 1. The number of rotatable bonds is 6. The van der Waals surface area contributed by atoms with Gasteiger partial charge in [-0.15, -0.1) is 0 Å². The van der Waals surface area contributed by atoms with Gasteiger partial charge >= 0.3 is 0 Å². The molecule has 0 aromatic carbocycles. The molecule has 0 fully saturated rings. The van der Waals surface area contributed by atoms with Crippen molar-refractivity contribution in [2.75, 3.05) is 18.9 Å². The fraction of sp³-hybridized carbons (Fsp3) is 0.615. The molecule has 1 aliphatic rings. The Morgan fingerprint density at radius 1 is 1.65 bits per heavy atom. The zero-order chi connectivity index (χ0) is 14.5. The molecule has 0 bridgehead atoms. The molecule has 110 valence electrons. The normalized spacial score (nSPS) is 14.9. The average Bonchev–Trinajstić information content (AvgIpc) is 2.93. The van der Waals surface area contributed by atoms with Crippen LogP contribution < -0.4 is 10.9 Å². The van der Waals surface area contributed by atoms with Gasteiger partial charge in [-0.2, -0.15) is 0 Å². The van der Waals surface area contributed by atoms with Crippen molar-refractivity contribution in [3.8, 4) is 0 Å². The van der Waals surface area contributed by atoms with E-state index in [2.05, 4.69) is 10.3 Å². The first-order chi connectivity index (χ1) is 9.67. The molecule has 0 saturated carbocycles. The van der Waals surface area contributed by atoms with E-state index in [1.807, 2.05) is 6.92 Å². The Balaban J connectivity index is 2.05. The first-order valence-corrected chi connectivity index (χ1v) is 7.77. The van der Waals surface area contributed by atoms with Crippen molar-refractivity contribution in [1.29, 1.82) is 0 Å². The lowest BCUT2D eigenvalue weighted by molar-refractivity contribution is 0.0940. The summed E-state index contributed by atoms with van der Waals surface area (Å²) in [5.74, 6) is 0.664. The molecular formula is C13H19N3O3S. The summed E-state index contributed by atoms with van der Waals surface area (Å²) in [4.78, 5) is 28.4. The van der Waals surface area contributed by atoms with Gasteiger partial charge in [-0.1, -0.05) is 25.1 Å². The minimum atomic E-state index is -0.383. The number of aliphatic hydroxyl groups excluding tert-OH is 1. The monoisotopic (exact) mass is 297 g/mol. The van der Waals surface area contributed by atoms with Crippen molar-refractivity contribution in [3.63, 3.8) is 0 Å². The van der Waals surface area contributed by atoms with E-state index in [9.17, 15) is 9.59 Å². The smallest absolute Gasteiger partial charge is 0.267 e. The molecule has 2 rings (SSSR count). The number of amides is 1. The SMILES string of the molecule is CCC(CCO)CNC(=O)c1cnc2n(c1=O)CCS2. The third-order valence-electron chi connectivity index (χ3n) is 3.47. The lowest BCUT2D eigenvalue weighted by atomic mass is 10.0. The van der Waals surface area contributed by atoms with E-state index in [0.717, 1.165) is 12.2 Å². The van der Waals surface area contributed by atoms with E-state index < -0.39 is 0 Å². The minimum Gasteiger partial charge on any atom is -0.396 e. The highest BCUT2D eigenvalue weighted by Gasteiger charge is 2.20. The number of nitrogens with zero attached hydrogens (tertiary/aromatic N) is 2. The molecule has 1 atom stereocenters. The van der Waals surface area contributed by atoms with E-state index in [1.165, 1.54) is 18.0 Å². The number of nitrogens with one attached hydrogen (secondary N) is 1. The van der Waals surface area contributed by atoms with E-state index in [-0.39, 0.29) is 29.6 Å². The summed E-state index contributed by atoms with van der Waals surface area (Å²) in [6.45, 7) is 3.19. The van der Waals surface area contributed by atoms with E-state index >= 15 is 0 Å². The molecule has 2 heterocycles. The van der Waals surface area contributed by atoms with Crippen molar-refractivity contribution in [1.82, 2.24) is 14.9 Å². The van der Waals surface area contributed by atoms with E-state index in [0.29, 0.717) is 24.7 Å². The molecule has 0 radical (unpaired) electrons. The predicted molar refractivity (Wildman–Crippen MR) is 77.0 cm³/mol. The molecule has 0 saturated heterocycles. The second kappa shape index (κ2) is 6.90. The highest BCUT2D eigenvalue weighted by molar-refractivity contribution is 7.99. The third-order valence-corrected chi connectivity index (χ3v) is 4.44. The van der Waals surface area contributed by atoms with Crippen molar-refractivity contribution in [2.45, 2.75) is 31.5 Å². The Hall–Kier alpha value is -1.34. The number of hydrogen-bond acceptors (Lipinski definition) is 5. The van der Waals surface area contributed by atoms with Gasteiger partial charge in [0, 0.05) is 31.6 Å². The summed E-state index contributed by atoms with van der Waals surface area (Å²) in [7, 11) is 0. The van der Waals surface area contributed by atoms with Gasteiger partial charge in [0.05, 0.1) is 0 Å². The summed E-state index contributed by atoms with van der Waals surface area (Å²) in [6.07, 6.45) is 2.88. The topological polar surface area (TPSA) is 84.2 Å². The molecule has 1 aromatic rings. The summed E-state index contributed by atoms with van der Waals surface area (Å²) in [6, 6.07) is 0.